The van der Waals surface area contributed by atoms with E-state index in [1.807, 2.05) is 0 Å². The number of nitrogens with one attached hydrogen (secondary N) is 1. The minimum atomic E-state index is -3.67. The summed E-state index contributed by atoms with van der Waals surface area (Å²) in [5.74, 6) is 0.543. The van der Waals surface area contributed by atoms with Crippen LogP contribution in [0.2, 0.25) is 0 Å². The Morgan fingerprint density at radius 1 is 1.29 bits per heavy atom. The molecule has 0 saturated carbocycles. The predicted octanol–water partition coefficient (Wildman–Crippen LogP) is 1.05. The van der Waals surface area contributed by atoms with Gasteiger partial charge in [-0.1, -0.05) is 0 Å². The van der Waals surface area contributed by atoms with Gasteiger partial charge in [-0.25, -0.2) is 8.42 Å². The Labute approximate surface area is 133 Å². The summed E-state index contributed by atoms with van der Waals surface area (Å²) in [6, 6.07) is 1.52. The maximum Gasteiger partial charge on any atom is 0.247 e. The molecule has 1 aromatic heterocycles. The van der Waals surface area contributed by atoms with E-state index in [9.17, 15) is 8.42 Å². The summed E-state index contributed by atoms with van der Waals surface area (Å²) >= 11 is 3.16. The molecule has 21 heavy (non-hydrogen) atoms. The zero-order valence-corrected chi connectivity index (χ0v) is 14.8. The molecule has 9 heteroatoms. The largest absolute Gasteiger partial charge is 0.452 e. The fraction of sp³-hybridized carbons (Fsp3) is 0.667. The Morgan fingerprint density at radius 2 is 1.86 bits per heavy atom. The topological polar surface area (TPSA) is 81.0 Å². The molecular formula is C12H21BrN2O5S. The highest BCUT2D eigenvalue weighted by atomic mass is 79.9. The van der Waals surface area contributed by atoms with Gasteiger partial charge in [-0.2, -0.15) is 4.31 Å². The summed E-state index contributed by atoms with van der Waals surface area (Å²) in [6.07, 6.45) is 0. The Balaban J connectivity index is 3.03. The summed E-state index contributed by atoms with van der Waals surface area (Å²) in [4.78, 5) is 0.111. The van der Waals surface area contributed by atoms with Crippen molar-refractivity contribution in [3.63, 3.8) is 0 Å². The second-order valence-corrected chi connectivity index (χ2v) is 6.90. The van der Waals surface area contributed by atoms with Gasteiger partial charge in [0.25, 0.3) is 0 Å². The van der Waals surface area contributed by atoms with Gasteiger partial charge in [0.15, 0.2) is 4.67 Å². The number of nitrogens with zero attached hydrogens (tertiary/aromatic N) is 1. The average molecular weight is 385 g/mol. The molecule has 0 fully saturated rings. The van der Waals surface area contributed by atoms with Crippen LogP contribution < -0.4 is 5.32 Å². The van der Waals surface area contributed by atoms with Gasteiger partial charge in [-0.3, -0.25) is 0 Å². The van der Waals surface area contributed by atoms with Crippen LogP contribution in [0, 0.1) is 0 Å². The third-order valence-corrected chi connectivity index (χ3v) is 5.52. The van der Waals surface area contributed by atoms with Crippen molar-refractivity contribution in [2.45, 2.75) is 11.4 Å². The lowest BCUT2D eigenvalue weighted by Crippen LogP contribution is -2.36. The van der Waals surface area contributed by atoms with Crippen molar-refractivity contribution in [3.8, 4) is 0 Å². The van der Waals surface area contributed by atoms with Crippen LogP contribution in [0.3, 0.4) is 0 Å². The smallest absolute Gasteiger partial charge is 0.247 e. The molecule has 1 heterocycles. The van der Waals surface area contributed by atoms with E-state index < -0.39 is 10.0 Å². The third kappa shape index (κ3) is 5.04. The van der Waals surface area contributed by atoms with E-state index in [4.69, 9.17) is 13.9 Å². The van der Waals surface area contributed by atoms with Crippen LogP contribution in [0.15, 0.2) is 20.0 Å². The van der Waals surface area contributed by atoms with E-state index in [-0.39, 0.29) is 22.7 Å². The molecule has 1 aromatic rings. The number of hydrogen-bond acceptors (Lipinski definition) is 6. The second kappa shape index (κ2) is 8.86. The molecule has 0 aromatic carbocycles. The van der Waals surface area contributed by atoms with Crippen molar-refractivity contribution < 1.29 is 22.3 Å². The Hall–Kier alpha value is -0.450. The molecule has 0 aliphatic carbocycles. The highest BCUT2D eigenvalue weighted by Crippen LogP contribution is 2.28. The molecule has 1 N–H and O–H groups in total. The quantitative estimate of drug-likeness (QED) is 0.649. The zero-order valence-electron chi connectivity index (χ0n) is 12.4. The van der Waals surface area contributed by atoms with Gasteiger partial charge in [-0.05, 0) is 23.0 Å². The van der Waals surface area contributed by atoms with Gasteiger partial charge in [0.1, 0.15) is 10.7 Å². The fourth-order valence-corrected chi connectivity index (χ4v) is 4.08. The molecule has 0 unspecified atom stereocenters. The van der Waals surface area contributed by atoms with E-state index >= 15 is 0 Å². The number of sulfonamides is 1. The molecule has 1 rings (SSSR count). The molecule has 7 nitrogen and oxygen atoms in total. The summed E-state index contributed by atoms with van der Waals surface area (Å²) < 4.78 is 42.2. The summed E-state index contributed by atoms with van der Waals surface area (Å²) in [7, 11) is 1.14. The average Bonchev–Trinajstić information content (AvgIpc) is 2.80. The maximum atomic E-state index is 12.7. The Morgan fingerprint density at radius 3 is 2.33 bits per heavy atom. The fourth-order valence-electron chi connectivity index (χ4n) is 1.71. The normalized spacial score (nSPS) is 12.2. The minimum absolute atomic E-state index is 0.111. The molecule has 0 spiro atoms. The van der Waals surface area contributed by atoms with Crippen LogP contribution in [0.25, 0.3) is 0 Å². The van der Waals surface area contributed by atoms with Gasteiger partial charge in [0.2, 0.25) is 10.0 Å². The Kier molecular flexibility index (Phi) is 7.85. The number of furan rings is 1. The van der Waals surface area contributed by atoms with Crippen LogP contribution in [-0.2, 0) is 26.0 Å². The Bertz CT molecular complexity index is 524. The number of methoxy groups -OCH3 is 2. The summed E-state index contributed by atoms with van der Waals surface area (Å²) in [5, 5.41) is 2.91. The molecular weight excluding hydrogens is 364 g/mol. The monoisotopic (exact) mass is 384 g/mol. The SMILES string of the molecule is CNCc1cc(S(=O)(=O)N(CCOC)CCOC)c(Br)o1. The van der Waals surface area contributed by atoms with Crippen LogP contribution in [0.1, 0.15) is 5.76 Å². The van der Waals surface area contributed by atoms with Crippen LogP contribution in [0.5, 0.6) is 0 Å². The highest BCUT2D eigenvalue weighted by molar-refractivity contribution is 9.10. The van der Waals surface area contributed by atoms with Crippen LogP contribution in [-0.4, -0.2) is 60.3 Å². The van der Waals surface area contributed by atoms with Gasteiger partial charge in [-0.15, -0.1) is 0 Å². The first-order valence-electron chi connectivity index (χ1n) is 6.38. The van der Waals surface area contributed by atoms with E-state index in [2.05, 4.69) is 21.2 Å². The third-order valence-electron chi connectivity index (χ3n) is 2.76. The van der Waals surface area contributed by atoms with Crippen molar-refractivity contribution >= 4 is 26.0 Å². The lowest BCUT2D eigenvalue weighted by Gasteiger charge is -2.20. The molecule has 0 bridgehead atoms. The second-order valence-electron chi connectivity index (χ2n) is 4.27. The number of rotatable bonds is 10. The van der Waals surface area contributed by atoms with Crippen molar-refractivity contribution in [3.05, 3.63) is 16.5 Å². The van der Waals surface area contributed by atoms with Crippen molar-refractivity contribution in [1.29, 1.82) is 0 Å². The van der Waals surface area contributed by atoms with Crippen LogP contribution in [0.4, 0.5) is 0 Å². The molecule has 122 valence electrons. The van der Waals surface area contributed by atoms with Crippen molar-refractivity contribution in [2.75, 3.05) is 47.6 Å². The van der Waals surface area contributed by atoms with E-state index in [1.165, 1.54) is 24.6 Å². The van der Waals surface area contributed by atoms with Crippen molar-refractivity contribution in [1.82, 2.24) is 9.62 Å². The van der Waals surface area contributed by atoms with E-state index in [0.717, 1.165) is 0 Å². The minimum Gasteiger partial charge on any atom is -0.452 e. The van der Waals surface area contributed by atoms with Gasteiger partial charge < -0.3 is 19.2 Å². The standard InChI is InChI=1S/C12H21BrN2O5S/c1-14-9-10-8-11(12(13)20-10)21(16,17)15(4-6-18-2)5-7-19-3/h8,14H,4-7,9H2,1-3H3. The lowest BCUT2D eigenvalue weighted by molar-refractivity contribution is 0.150. The number of hydrogen-bond donors (Lipinski definition) is 1. The van der Waals surface area contributed by atoms with E-state index in [1.54, 1.807) is 7.05 Å². The molecule has 0 amide bonds. The first-order chi connectivity index (χ1) is 9.97. The molecule has 0 aliphatic rings. The van der Waals surface area contributed by atoms with Crippen LogP contribution >= 0.6 is 15.9 Å². The first-order valence-corrected chi connectivity index (χ1v) is 8.61. The number of ether oxygens (including phenoxy) is 2. The van der Waals surface area contributed by atoms with Crippen molar-refractivity contribution in [2.24, 2.45) is 0 Å². The summed E-state index contributed by atoms with van der Waals surface area (Å²) in [6.45, 7) is 1.57. The molecule has 0 radical (unpaired) electrons. The zero-order chi connectivity index (χ0) is 15.9. The maximum absolute atomic E-state index is 12.7. The van der Waals surface area contributed by atoms with Gasteiger partial charge >= 0.3 is 0 Å². The molecule has 0 aliphatic heterocycles. The lowest BCUT2D eigenvalue weighted by atomic mass is 10.4. The molecule has 0 saturated heterocycles. The predicted molar refractivity (Wildman–Crippen MR) is 81.7 cm³/mol. The van der Waals surface area contributed by atoms with Gasteiger partial charge in [0.05, 0.1) is 19.8 Å². The first kappa shape index (κ1) is 18.6. The highest BCUT2D eigenvalue weighted by Gasteiger charge is 2.29. The number of halogens is 1. The van der Waals surface area contributed by atoms with E-state index in [0.29, 0.717) is 25.5 Å². The van der Waals surface area contributed by atoms with Gasteiger partial charge in [0, 0.05) is 33.4 Å². The molecule has 0 atom stereocenters. The summed E-state index contributed by atoms with van der Waals surface area (Å²) in [5.41, 5.74) is 0.